The molecule has 1 aliphatic heterocycles. The van der Waals surface area contributed by atoms with E-state index in [9.17, 15) is 13.6 Å². The van der Waals surface area contributed by atoms with Gasteiger partial charge in [-0.2, -0.15) is 0 Å². The highest BCUT2D eigenvalue weighted by Gasteiger charge is 2.23. The molecule has 5 nitrogen and oxygen atoms in total. The van der Waals surface area contributed by atoms with Crippen molar-refractivity contribution in [3.8, 4) is 0 Å². The summed E-state index contributed by atoms with van der Waals surface area (Å²) in [5.74, 6) is -1.84. The lowest BCUT2D eigenvalue weighted by atomic mass is 10.1. The summed E-state index contributed by atoms with van der Waals surface area (Å²) in [6.07, 6.45) is 0. The molecule has 0 bridgehead atoms. The number of aliphatic hydroxyl groups is 1. The summed E-state index contributed by atoms with van der Waals surface area (Å²) in [7, 11) is 1.68. The molecule has 1 aliphatic rings. The van der Waals surface area contributed by atoms with Gasteiger partial charge in [-0.15, -0.1) is 0 Å². The Morgan fingerprint density at radius 3 is 2.42 bits per heavy atom. The van der Waals surface area contributed by atoms with Gasteiger partial charge in [0.05, 0.1) is 19.2 Å². The zero-order valence-electron chi connectivity index (χ0n) is 14.2. The predicted molar refractivity (Wildman–Crippen MR) is 87.5 cm³/mol. The third-order valence-corrected chi connectivity index (χ3v) is 4.64. The molecule has 24 heavy (non-hydrogen) atoms. The number of carbonyl (C=O) groups excluding carboxylic acids is 1. The summed E-state index contributed by atoms with van der Waals surface area (Å²) in [6, 6.07) is 3.39. The zero-order valence-corrected chi connectivity index (χ0v) is 14.2. The lowest BCUT2D eigenvalue weighted by Gasteiger charge is -2.35. The van der Waals surface area contributed by atoms with E-state index in [4.69, 9.17) is 5.11 Å². The number of hydrogen-bond acceptors (Lipinski definition) is 4. The fraction of sp³-hybridized carbons (Fsp3) is 0.588. The molecule has 2 rings (SSSR count). The van der Waals surface area contributed by atoms with E-state index in [-0.39, 0.29) is 18.6 Å². The molecular formula is C17H25F2N3O2. The number of likely N-dealkylation sites (N-methyl/N-ethyl adjacent to an activating group) is 1. The first kappa shape index (κ1) is 18.8. The molecular weight excluding hydrogens is 316 g/mol. The maximum absolute atomic E-state index is 13.4. The van der Waals surface area contributed by atoms with Crippen molar-refractivity contribution < 1.29 is 18.7 Å². The molecule has 0 radical (unpaired) electrons. The molecule has 1 heterocycles. The molecule has 0 spiro atoms. The normalized spacial score (nSPS) is 17.7. The SMILES string of the molecule is C[C@H](c1ccc(F)c(F)c1)N(C)C(=O)CN1CCN(CCO)CC1. The summed E-state index contributed by atoms with van der Waals surface area (Å²) < 4.78 is 26.4. The predicted octanol–water partition coefficient (Wildman–Crippen LogP) is 1.09. The molecule has 1 saturated heterocycles. The topological polar surface area (TPSA) is 47.0 Å². The highest BCUT2D eigenvalue weighted by atomic mass is 19.2. The van der Waals surface area contributed by atoms with Crippen molar-refractivity contribution in [2.45, 2.75) is 13.0 Å². The molecule has 1 amide bonds. The third-order valence-electron chi connectivity index (χ3n) is 4.64. The van der Waals surface area contributed by atoms with Gasteiger partial charge in [0.1, 0.15) is 0 Å². The van der Waals surface area contributed by atoms with Crippen LogP contribution in [0, 0.1) is 11.6 Å². The molecule has 134 valence electrons. The summed E-state index contributed by atoms with van der Waals surface area (Å²) in [5.41, 5.74) is 0.567. The maximum atomic E-state index is 13.4. The second kappa shape index (κ2) is 8.50. The van der Waals surface area contributed by atoms with Crippen molar-refractivity contribution >= 4 is 5.91 Å². The lowest BCUT2D eigenvalue weighted by molar-refractivity contribution is -0.133. The Morgan fingerprint density at radius 2 is 1.83 bits per heavy atom. The van der Waals surface area contributed by atoms with Crippen LogP contribution < -0.4 is 0 Å². The summed E-state index contributed by atoms with van der Waals surface area (Å²) >= 11 is 0. The smallest absolute Gasteiger partial charge is 0.236 e. The van der Waals surface area contributed by atoms with Gasteiger partial charge in [-0.3, -0.25) is 14.6 Å². The number of aliphatic hydroxyl groups excluding tert-OH is 1. The fourth-order valence-corrected chi connectivity index (χ4v) is 2.83. The van der Waals surface area contributed by atoms with E-state index >= 15 is 0 Å². The van der Waals surface area contributed by atoms with E-state index in [0.717, 1.165) is 38.3 Å². The van der Waals surface area contributed by atoms with Crippen LogP contribution in [0.25, 0.3) is 0 Å². The number of hydrogen-bond donors (Lipinski definition) is 1. The zero-order chi connectivity index (χ0) is 17.7. The fourth-order valence-electron chi connectivity index (χ4n) is 2.83. The molecule has 1 fully saturated rings. The highest BCUT2D eigenvalue weighted by Crippen LogP contribution is 2.21. The number of piperazine rings is 1. The molecule has 0 saturated carbocycles. The Morgan fingerprint density at radius 1 is 1.21 bits per heavy atom. The Bertz CT molecular complexity index is 563. The van der Waals surface area contributed by atoms with Crippen LogP contribution in [0.3, 0.4) is 0 Å². The van der Waals surface area contributed by atoms with E-state index in [2.05, 4.69) is 9.80 Å². The highest BCUT2D eigenvalue weighted by molar-refractivity contribution is 5.78. The van der Waals surface area contributed by atoms with Crippen molar-refractivity contribution in [2.24, 2.45) is 0 Å². The van der Waals surface area contributed by atoms with E-state index in [1.807, 2.05) is 0 Å². The number of amides is 1. The third kappa shape index (κ3) is 4.72. The minimum absolute atomic E-state index is 0.0529. The van der Waals surface area contributed by atoms with Crippen molar-refractivity contribution in [1.29, 1.82) is 0 Å². The van der Waals surface area contributed by atoms with Crippen molar-refractivity contribution in [3.63, 3.8) is 0 Å². The molecule has 1 N–H and O–H groups in total. The summed E-state index contributed by atoms with van der Waals surface area (Å²) in [5, 5.41) is 8.94. The Labute approximate surface area is 141 Å². The molecule has 0 aliphatic carbocycles. The molecule has 0 aromatic heterocycles. The van der Waals surface area contributed by atoms with Crippen LogP contribution in [0.1, 0.15) is 18.5 Å². The Balaban J connectivity index is 1.88. The van der Waals surface area contributed by atoms with Gasteiger partial charge in [-0.1, -0.05) is 6.07 Å². The van der Waals surface area contributed by atoms with Crippen LogP contribution in [-0.2, 0) is 4.79 Å². The average Bonchev–Trinajstić information content (AvgIpc) is 2.58. The van der Waals surface area contributed by atoms with E-state index in [1.165, 1.54) is 6.07 Å². The molecule has 1 atom stereocenters. The van der Waals surface area contributed by atoms with Crippen LogP contribution in [0.15, 0.2) is 18.2 Å². The number of nitrogens with zero attached hydrogens (tertiary/aromatic N) is 3. The van der Waals surface area contributed by atoms with Gasteiger partial charge in [-0.05, 0) is 24.6 Å². The molecule has 7 heteroatoms. The van der Waals surface area contributed by atoms with Crippen molar-refractivity contribution in [1.82, 2.24) is 14.7 Å². The van der Waals surface area contributed by atoms with E-state index in [1.54, 1.807) is 18.9 Å². The van der Waals surface area contributed by atoms with Crippen LogP contribution >= 0.6 is 0 Å². The van der Waals surface area contributed by atoms with Gasteiger partial charge < -0.3 is 10.0 Å². The minimum atomic E-state index is -0.903. The monoisotopic (exact) mass is 341 g/mol. The van der Waals surface area contributed by atoms with Gasteiger partial charge in [-0.25, -0.2) is 8.78 Å². The standard InChI is InChI=1S/C17H25F2N3O2/c1-13(14-3-4-15(18)16(19)11-14)20(2)17(24)12-22-7-5-21(6-8-22)9-10-23/h3-4,11,13,23H,5-10,12H2,1-2H3/t13-/m1/s1. The van der Waals surface area contributed by atoms with Crippen LogP contribution in [0.4, 0.5) is 8.78 Å². The first-order chi connectivity index (χ1) is 11.4. The number of rotatable bonds is 6. The van der Waals surface area contributed by atoms with Gasteiger partial charge in [0.15, 0.2) is 11.6 Å². The second-order valence-corrected chi connectivity index (χ2v) is 6.20. The van der Waals surface area contributed by atoms with Gasteiger partial charge >= 0.3 is 0 Å². The van der Waals surface area contributed by atoms with Crippen LogP contribution in [0.5, 0.6) is 0 Å². The number of benzene rings is 1. The average molecular weight is 341 g/mol. The number of carbonyl (C=O) groups is 1. The minimum Gasteiger partial charge on any atom is -0.395 e. The van der Waals surface area contributed by atoms with Gasteiger partial charge in [0.2, 0.25) is 5.91 Å². The first-order valence-electron chi connectivity index (χ1n) is 8.18. The van der Waals surface area contributed by atoms with Gasteiger partial charge in [0.25, 0.3) is 0 Å². The van der Waals surface area contributed by atoms with E-state index < -0.39 is 11.6 Å². The van der Waals surface area contributed by atoms with Gasteiger partial charge in [0, 0.05) is 39.8 Å². The van der Waals surface area contributed by atoms with Crippen LogP contribution in [-0.4, -0.2) is 78.6 Å². The van der Waals surface area contributed by atoms with E-state index in [0.29, 0.717) is 18.7 Å². The maximum Gasteiger partial charge on any atom is 0.236 e. The quantitative estimate of drug-likeness (QED) is 0.842. The number of halogens is 2. The second-order valence-electron chi connectivity index (χ2n) is 6.20. The summed E-state index contributed by atoms with van der Waals surface area (Å²) in [6.45, 7) is 6.12. The molecule has 1 aromatic carbocycles. The Hall–Kier alpha value is -1.57. The summed E-state index contributed by atoms with van der Waals surface area (Å²) in [4.78, 5) is 18.2. The van der Waals surface area contributed by atoms with Crippen molar-refractivity contribution in [2.75, 3.05) is 52.9 Å². The molecule has 1 aromatic rings. The first-order valence-corrected chi connectivity index (χ1v) is 8.18. The Kier molecular flexibility index (Phi) is 6.65. The molecule has 0 unspecified atom stereocenters. The van der Waals surface area contributed by atoms with Crippen LogP contribution in [0.2, 0.25) is 0 Å². The number of β-amino-alcohol motifs (C(OH)–C–C–N with tert-alkyl or cyclic N) is 1. The van der Waals surface area contributed by atoms with Crippen molar-refractivity contribution in [3.05, 3.63) is 35.4 Å². The largest absolute Gasteiger partial charge is 0.395 e. The lowest BCUT2D eigenvalue weighted by Crippen LogP contribution is -2.50.